The minimum absolute atomic E-state index is 0.353. The van der Waals surface area contributed by atoms with E-state index in [-0.39, 0.29) is 0 Å². The highest BCUT2D eigenvalue weighted by Crippen LogP contribution is 2.30. The van der Waals surface area contributed by atoms with E-state index in [1.165, 1.54) is 4.90 Å². The molecule has 0 aromatic rings. The number of nitrogens with one attached hydrogen (secondary N) is 1. The topological polar surface area (TPSA) is 75.7 Å². The van der Waals surface area contributed by atoms with Crippen molar-refractivity contribution in [3.63, 3.8) is 0 Å². The Balaban J connectivity index is 1.95. The van der Waals surface area contributed by atoms with Gasteiger partial charge in [0.2, 0.25) is 10.0 Å². The number of carbonyl (C=O) groups is 1. The smallest absolute Gasteiger partial charge is 0.410 e. The number of sulfonamides is 1. The molecule has 0 aliphatic carbocycles. The van der Waals surface area contributed by atoms with Gasteiger partial charge in [0.15, 0.2) is 0 Å². The molecule has 2 heterocycles. The highest BCUT2D eigenvalue weighted by Gasteiger charge is 2.49. The summed E-state index contributed by atoms with van der Waals surface area (Å²) in [6.45, 7) is 6.10. The Hall–Kier alpha value is -1.08. The Bertz CT molecular complexity index is 484. The fourth-order valence-corrected chi connectivity index (χ4v) is 3.35. The van der Waals surface area contributed by atoms with Crippen LogP contribution in [0.15, 0.2) is 11.5 Å². The van der Waals surface area contributed by atoms with E-state index in [4.69, 9.17) is 4.74 Å². The lowest BCUT2D eigenvalue weighted by molar-refractivity contribution is -0.0111. The molecule has 0 saturated carbocycles. The van der Waals surface area contributed by atoms with Crippen molar-refractivity contribution in [2.24, 2.45) is 0 Å². The molecule has 2 rings (SSSR count). The normalized spacial score (nSPS) is 24.7. The molecule has 1 spiro atoms. The molecule has 0 aromatic carbocycles. The van der Waals surface area contributed by atoms with Crippen LogP contribution in [0.1, 0.15) is 27.2 Å². The van der Waals surface area contributed by atoms with E-state index < -0.39 is 27.3 Å². The summed E-state index contributed by atoms with van der Waals surface area (Å²) in [7, 11) is -3.34. The molecule has 0 atom stereocenters. The van der Waals surface area contributed by atoms with Crippen LogP contribution < -0.4 is 4.72 Å². The first-order valence-electron chi connectivity index (χ1n) is 5.79. The average Bonchev–Trinajstić information content (AvgIpc) is 2.09. The summed E-state index contributed by atoms with van der Waals surface area (Å²) in [5, 5.41) is 1.16. The lowest BCUT2D eigenvalue weighted by Gasteiger charge is -2.50. The van der Waals surface area contributed by atoms with Gasteiger partial charge in [-0.1, -0.05) is 6.08 Å². The maximum Gasteiger partial charge on any atom is 0.410 e. The van der Waals surface area contributed by atoms with Gasteiger partial charge >= 0.3 is 6.09 Å². The van der Waals surface area contributed by atoms with E-state index in [2.05, 4.69) is 4.72 Å². The summed E-state index contributed by atoms with van der Waals surface area (Å²) >= 11 is 0. The number of ether oxygens (including phenoxy) is 1. The van der Waals surface area contributed by atoms with Gasteiger partial charge in [0.05, 0.1) is 5.54 Å². The lowest BCUT2D eigenvalue weighted by atomic mass is 9.88. The predicted molar refractivity (Wildman–Crippen MR) is 66.4 cm³/mol. The van der Waals surface area contributed by atoms with Crippen LogP contribution in [0, 0.1) is 0 Å². The van der Waals surface area contributed by atoms with Crippen LogP contribution >= 0.6 is 0 Å². The highest BCUT2D eigenvalue weighted by atomic mass is 32.2. The van der Waals surface area contributed by atoms with E-state index in [1.807, 2.05) is 0 Å². The fraction of sp³-hybridized carbons (Fsp3) is 0.727. The molecule has 2 aliphatic rings. The second-order valence-corrected chi connectivity index (χ2v) is 7.41. The fourth-order valence-electron chi connectivity index (χ4n) is 2.11. The Kier molecular flexibility index (Phi) is 2.94. The van der Waals surface area contributed by atoms with Crippen LogP contribution in [0.2, 0.25) is 0 Å². The predicted octanol–water partition coefficient (Wildman–Crippen LogP) is 0.813. The minimum atomic E-state index is -3.34. The number of amides is 1. The molecule has 6 nitrogen and oxygen atoms in total. The lowest BCUT2D eigenvalue weighted by Crippen LogP contribution is -2.71. The number of rotatable bonds is 0. The van der Waals surface area contributed by atoms with Gasteiger partial charge in [-0.15, -0.1) is 0 Å². The molecule has 0 bridgehead atoms. The Morgan fingerprint density at radius 2 is 2.00 bits per heavy atom. The van der Waals surface area contributed by atoms with Gasteiger partial charge in [-0.2, -0.15) is 0 Å². The van der Waals surface area contributed by atoms with E-state index in [0.29, 0.717) is 19.5 Å². The van der Waals surface area contributed by atoms with Gasteiger partial charge in [0, 0.05) is 18.5 Å². The van der Waals surface area contributed by atoms with Crippen LogP contribution in [-0.2, 0) is 14.8 Å². The molecule has 1 fully saturated rings. The Morgan fingerprint density at radius 1 is 1.39 bits per heavy atom. The van der Waals surface area contributed by atoms with E-state index in [1.54, 1.807) is 26.8 Å². The Morgan fingerprint density at radius 3 is 2.50 bits per heavy atom. The minimum Gasteiger partial charge on any atom is -0.444 e. The van der Waals surface area contributed by atoms with Crippen molar-refractivity contribution >= 4 is 16.1 Å². The van der Waals surface area contributed by atoms with Gasteiger partial charge in [0.25, 0.3) is 0 Å². The number of hydrogen-bond acceptors (Lipinski definition) is 4. The zero-order valence-corrected chi connectivity index (χ0v) is 11.6. The quantitative estimate of drug-likeness (QED) is 0.709. The average molecular weight is 274 g/mol. The summed E-state index contributed by atoms with van der Waals surface area (Å²) in [6, 6.07) is 0. The molecule has 0 aromatic heterocycles. The van der Waals surface area contributed by atoms with Crippen LogP contribution in [0.3, 0.4) is 0 Å². The third kappa shape index (κ3) is 2.84. The first-order chi connectivity index (χ1) is 8.11. The molecule has 2 aliphatic heterocycles. The van der Waals surface area contributed by atoms with Gasteiger partial charge in [-0.3, -0.25) is 0 Å². The third-order valence-electron chi connectivity index (χ3n) is 2.78. The maximum absolute atomic E-state index is 11.7. The van der Waals surface area contributed by atoms with Crippen molar-refractivity contribution in [1.82, 2.24) is 9.62 Å². The van der Waals surface area contributed by atoms with Gasteiger partial charge in [-0.25, -0.2) is 17.9 Å². The number of likely N-dealkylation sites (tertiary alicyclic amines) is 1. The first kappa shape index (κ1) is 13.4. The summed E-state index contributed by atoms with van der Waals surface area (Å²) in [6.07, 6.45) is 1.82. The zero-order valence-electron chi connectivity index (χ0n) is 10.8. The van der Waals surface area contributed by atoms with Crippen molar-refractivity contribution in [3.05, 3.63) is 11.5 Å². The second-order valence-electron chi connectivity index (χ2n) is 5.84. The standard InChI is InChI=1S/C11H18N2O4S/c1-10(2,3)17-9(14)13-7-11(8-13)5-4-6-18(15,16)12-11/h4,6,12H,5,7-8H2,1-3H3. The maximum atomic E-state index is 11.7. The van der Waals surface area contributed by atoms with Crippen molar-refractivity contribution in [2.75, 3.05) is 13.1 Å². The van der Waals surface area contributed by atoms with Crippen LogP contribution in [-0.4, -0.2) is 43.6 Å². The SMILES string of the molecule is CC(C)(C)OC(=O)N1CC2(CC=CS(=O)(=O)N2)C1. The monoisotopic (exact) mass is 274 g/mol. The van der Waals surface area contributed by atoms with Crippen molar-refractivity contribution in [2.45, 2.75) is 38.3 Å². The number of hydrogen-bond donors (Lipinski definition) is 1. The van der Waals surface area contributed by atoms with Crippen molar-refractivity contribution < 1.29 is 17.9 Å². The van der Waals surface area contributed by atoms with E-state index >= 15 is 0 Å². The van der Waals surface area contributed by atoms with Crippen LogP contribution in [0.4, 0.5) is 4.79 Å². The van der Waals surface area contributed by atoms with Gasteiger partial charge < -0.3 is 9.64 Å². The molecular weight excluding hydrogens is 256 g/mol. The summed E-state index contributed by atoms with van der Waals surface area (Å²) in [5.41, 5.74) is -1.07. The van der Waals surface area contributed by atoms with Crippen molar-refractivity contribution in [3.8, 4) is 0 Å². The van der Waals surface area contributed by atoms with Gasteiger partial charge in [0.1, 0.15) is 5.60 Å². The molecule has 1 N–H and O–H groups in total. The first-order valence-corrected chi connectivity index (χ1v) is 7.34. The third-order valence-corrected chi connectivity index (χ3v) is 4.05. The summed E-state index contributed by atoms with van der Waals surface area (Å²) in [5.74, 6) is 0. The molecule has 18 heavy (non-hydrogen) atoms. The van der Waals surface area contributed by atoms with E-state index in [0.717, 1.165) is 5.41 Å². The largest absolute Gasteiger partial charge is 0.444 e. The molecule has 1 amide bonds. The molecule has 1 saturated heterocycles. The summed E-state index contributed by atoms with van der Waals surface area (Å²) in [4.78, 5) is 13.2. The Labute approximate surface area is 107 Å². The molecule has 7 heteroatoms. The number of carbonyl (C=O) groups excluding carboxylic acids is 1. The molecule has 102 valence electrons. The molecule has 0 radical (unpaired) electrons. The second kappa shape index (κ2) is 3.96. The van der Waals surface area contributed by atoms with E-state index in [9.17, 15) is 13.2 Å². The zero-order chi connectivity index (χ0) is 13.6. The highest BCUT2D eigenvalue weighted by molar-refractivity contribution is 7.92. The van der Waals surface area contributed by atoms with Gasteiger partial charge in [-0.05, 0) is 27.2 Å². The molecule has 0 unspecified atom stereocenters. The van der Waals surface area contributed by atoms with Crippen LogP contribution in [0.5, 0.6) is 0 Å². The molecular formula is C11H18N2O4S. The van der Waals surface area contributed by atoms with Crippen molar-refractivity contribution in [1.29, 1.82) is 0 Å². The van der Waals surface area contributed by atoms with Crippen LogP contribution in [0.25, 0.3) is 0 Å². The number of nitrogens with zero attached hydrogens (tertiary/aromatic N) is 1. The summed E-state index contributed by atoms with van der Waals surface area (Å²) < 4.78 is 30.7.